The summed E-state index contributed by atoms with van der Waals surface area (Å²) < 4.78 is 25.5. The molecule has 2 unspecified atom stereocenters. The largest absolute Gasteiger partial charge is 0.393 e. The molecule has 6 heteroatoms. The van der Waals surface area contributed by atoms with E-state index >= 15 is 0 Å². The second-order valence-corrected chi connectivity index (χ2v) is 9.69. The van der Waals surface area contributed by atoms with Gasteiger partial charge in [-0.25, -0.2) is 4.39 Å². The second-order valence-electron chi connectivity index (χ2n) is 8.11. The van der Waals surface area contributed by atoms with E-state index in [9.17, 15) is 9.50 Å². The maximum Gasteiger partial charge on any atom is 0.198 e. The molecular weight excluding hydrogens is 423 g/mol. The summed E-state index contributed by atoms with van der Waals surface area (Å²) in [5.41, 5.74) is 3.99. The summed E-state index contributed by atoms with van der Waals surface area (Å²) in [6.45, 7) is 2.40. The lowest BCUT2D eigenvalue weighted by molar-refractivity contribution is -0.295. The molecule has 156 valence electrons. The van der Waals surface area contributed by atoms with Crippen molar-refractivity contribution in [1.29, 1.82) is 0 Å². The van der Waals surface area contributed by atoms with Gasteiger partial charge < -0.3 is 14.6 Å². The van der Waals surface area contributed by atoms with E-state index in [1.165, 1.54) is 17.0 Å². The Balaban J connectivity index is 1.44. The van der Waals surface area contributed by atoms with Crippen molar-refractivity contribution < 1.29 is 19.0 Å². The average Bonchev–Trinajstić information content (AvgIpc) is 3.28. The van der Waals surface area contributed by atoms with Crippen LogP contribution in [0.25, 0.3) is 10.4 Å². The van der Waals surface area contributed by atoms with Crippen molar-refractivity contribution >= 4 is 22.9 Å². The molecule has 0 radical (unpaired) electrons. The van der Waals surface area contributed by atoms with E-state index in [1.54, 1.807) is 23.5 Å². The van der Waals surface area contributed by atoms with E-state index in [4.69, 9.17) is 21.1 Å². The lowest BCUT2D eigenvalue weighted by Crippen LogP contribution is -2.43. The number of benzene rings is 2. The van der Waals surface area contributed by atoms with Gasteiger partial charge in [0.05, 0.1) is 18.8 Å². The smallest absolute Gasteiger partial charge is 0.198 e. The Labute approximate surface area is 184 Å². The van der Waals surface area contributed by atoms with Crippen molar-refractivity contribution in [2.45, 2.75) is 50.8 Å². The van der Waals surface area contributed by atoms with Crippen LogP contribution in [0.1, 0.15) is 41.3 Å². The second kappa shape index (κ2) is 7.74. The molecule has 0 bridgehead atoms. The van der Waals surface area contributed by atoms with E-state index < -0.39 is 11.9 Å². The van der Waals surface area contributed by atoms with Crippen molar-refractivity contribution in [2.75, 3.05) is 0 Å². The molecule has 3 aromatic rings. The van der Waals surface area contributed by atoms with Crippen LogP contribution in [0.5, 0.6) is 0 Å². The van der Waals surface area contributed by atoms with Gasteiger partial charge in [-0.15, -0.1) is 11.3 Å². The number of halogens is 2. The summed E-state index contributed by atoms with van der Waals surface area (Å²) in [6.07, 6.45) is 1.21. The van der Waals surface area contributed by atoms with Gasteiger partial charge in [0, 0.05) is 33.2 Å². The van der Waals surface area contributed by atoms with Gasteiger partial charge in [0.25, 0.3) is 0 Å². The summed E-state index contributed by atoms with van der Waals surface area (Å²) in [7, 11) is 0. The normalized spacial score (nSPS) is 25.6. The summed E-state index contributed by atoms with van der Waals surface area (Å²) in [5.74, 6) is -1.12. The van der Waals surface area contributed by atoms with Gasteiger partial charge in [0.1, 0.15) is 5.82 Å². The van der Waals surface area contributed by atoms with Crippen LogP contribution in [0.15, 0.2) is 48.5 Å². The van der Waals surface area contributed by atoms with Crippen LogP contribution in [0, 0.1) is 5.82 Å². The number of ether oxygens (including phenoxy) is 2. The molecule has 1 N–H and O–H groups in total. The Kier molecular flexibility index (Phi) is 5.20. The summed E-state index contributed by atoms with van der Waals surface area (Å²) in [6, 6.07) is 14.7. The molecule has 2 aliphatic heterocycles. The van der Waals surface area contributed by atoms with Gasteiger partial charge in [-0.3, -0.25) is 0 Å². The molecule has 1 spiro atoms. The predicted molar refractivity (Wildman–Crippen MR) is 116 cm³/mol. The number of aliphatic hydroxyl groups is 1. The molecule has 1 saturated heterocycles. The first-order chi connectivity index (χ1) is 14.4. The molecule has 3 atom stereocenters. The lowest BCUT2D eigenvalue weighted by atomic mass is 9.90. The van der Waals surface area contributed by atoms with Gasteiger partial charge in [-0.05, 0) is 66.4 Å². The van der Waals surface area contributed by atoms with Crippen LogP contribution in [-0.4, -0.2) is 17.3 Å². The number of hydrogen-bond donors (Lipinski definition) is 1. The highest BCUT2D eigenvalue weighted by molar-refractivity contribution is 7.15. The third kappa shape index (κ3) is 3.70. The summed E-state index contributed by atoms with van der Waals surface area (Å²) in [5, 5.41) is 11.0. The fourth-order valence-electron chi connectivity index (χ4n) is 4.44. The van der Waals surface area contributed by atoms with Crippen molar-refractivity contribution in [1.82, 2.24) is 0 Å². The zero-order chi connectivity index (χ0) is 20.9. The molecule has 2 aromatic carbocycles. The van der Waals surface area contributed by atoms with Crippen molar-refractivity contribution in [3.63, 3.8) is 0 Å². The van der Waals surface area contributed by atoms with Gasteiger partial charge in [-0.1, -0.05) is 23.7 Å². The zero-order valence-corrected chi connectivity index (χ0v) is 18.1. The molecule has 0 aliphatic carbocycles. The van der Waals surface area contributed by atoms with Crippen LogP contribution in [-0.2, 0) is 28.3 Å². The van der Waals surface area contributed by atoms with E-state index in [1.807, 2.05) is 13.0 Å². The highest BCUT2D eigenvalue weighted by atomic mass is 35.5. The Hall–Kier alpha value is -1.76. The molecule has 3 nitrogen and oxygen atoms in total. The topological polar surface area (TPSA) is 38.7 Å². The first-order valence-electron chi connectivity index (χ1n) is 10.1. The first kappa shape index (κ1) is 20.2. The predicted octanol–water partition coefficient (Wildman–Crippen LogP) is 6.04. The molecule has 30 heavy (non-hydrogen) atoms. The minimum Gasteiger partial charge on any atom is -0.393 e. The minimum absolute atomic E-state index is 0.0746. The van der Waals surface area contributed by atoms with Gasteiger partial charge in [-0.2, -0.15) is 0 Å². The highest BCUT2D eigenvalue weighted by Crippen LogP contribution is 2.47. The van der Waals surface area contributed by atoms with E-state index in [0.717, 1.165) is 27.1 Å². The van der Waals surface area contributed by atoms with Crippen LogP contribution in [0.3, 0.4) is 0 Å². The Morgan fingerprint density at radius 3 is 2.77 bits per heavy atom. The van der Waals surface area contributed by atoms with E-state index in [2.05, 4.69) is 18.2 Å². The number of fused-ring (bicyclic) bond motifs is 2. The molecule has 5 rings (SSSR count). The van der Waals surface area contributed by atoms with Crippen LogP contribution < -0.4 is 0 Å². The van der Waals surface area contributed by atoms with Crippen molar-refractivity contribution in [3.8, 4) is 10.4 Å². The first-order valence-corrected chi connectivity index (χ1v) is 11.3. The standard InChI is InChI=1S/C24H22ClFO3S/c1-14-8-19(27)12-24(29-14)21-10-16(22(25)11-17(21)13-28-24)9-20-6-7-23(30-20)15-2-4-18(26)5-3-15/h2-7,10-11,14,19,27H,8-9,12-13H2,1H3/t14?,19?,24-/m1/s1. The molecule has 3 heterocycles. The molecule has 1 fully saturated rings. The van der Waals surface area contributed by atoms with Crippen LogP contribution in [0.4, 0.5) is 4.39 Å². The minimum atomic E-state index is -0.888. The van der Waals surface area contributed by atoms with Crippen LogP contribution in [0.2, 0.25) is 5.02 Å². The molecular formula is C24H22ClFO3S. The quantitative estimate of drug-likeness (QED) is 0.535. The molecule has 2 aliphatic rings. The summed E-state index contributed by atoms with van der Waals surface area (Å²) >= 11 is 8.27. The lowest BCUT2D eigenvalue weighted by Gasteiger charge is -2.39. The Bertz CT molecular complexity index is 1070. The fraction of sp³-hybridized carbons (Fsp3) is 0.333. The molecule has 0 amide bonds. The van der Waals surface area contributed by atoms with Crippen LogP contribution >= 0.6 is 22.9 Å². The fourth-order valence-corrected chi connectivity index (χ4v) is 5.72. The maximum atomic E-state index is 13.2. The van der Waals surface area contributed by atoms with Crippen molar-refractivity contribution in [3.05, 3.63) is 80.9 Å². The Morgan fingerprint density at radius 1 is 1.20 bits per heavy atom. The average molecular weight is 445 g/mol. The molecule has 1 aromatic heterocycles. The van der Waals surface area contributed by atoms with Crippen molar-refractivity contribution in [2.24, 2.45) is 0 Å². The maximum absolute atomic E-state index is 13.2. The number of aliphatic hydroxyl groups excluding tert-OH is 1. The van der Waals surface area contributed by atoms with E-state index in [0.29, 0.717) is 30.9 Å². The number of rotatable bonds is 3. The highest BCUT2D eigenvalue weighted by Gasteiger charge is 2.47. The van der Waals surface area contributed by atoms with Gasteiger partial charge in [0.2, 0.25) is 0 Å². The van der Waals surface area contributed by atoms with Gasteiger partial charge >= 0.3 is 0 Å². The number of thiophene rings is 1. The van der Waals surface area contributed by atoms with Gasteiger partial charge in [0.15, 0.2) is 5.79 Å². The third-order valence-corrected chi connectivity index (χ3v) is 7.28. The molecule has 0 saturated carbocycles. The Morgan fingerprint density at radius 2 is 2.00 bits per heavy atom. The zero-order valence-electron chi connectivity index (χ0n) is 16.5. The SMILES string of the molecule is CC1CC(O)C[C@@]2(OCc3cc(Cl)c(Cc4ccc(-c5ccc(F)cc5)s4)cc32)O1. The number of hydrogen-bond acceptors (Lipinski definition) is 4. The monoisotopic (exact) mass is 444 g/mol. The van der Waals surface area contributed by atoms with E-state index in [-0.39, 0.29) is 11.9 Å². The third-order valence-electron chi connectivity index (χ3n) is 5.80. The summed E-state index contributed by atoms with van der Waals surface area (Å²) in [4.78, 5) is 2.26.